The van der Waals surface area contributed by atoms with Gasteiger partial charge in [-0.3, -0.25) is 9.48 Å². The maximum absolute atomic E-state index is 13.2. The van der Waals surface area contributed by atoms with Crippen LogP contribution in [0.4, 0.5) is 11.5 Å². The first-order chi connectivity index (χ1) is 14.6. The van der Waals surface area contributed by atoms with Crippen molar-refractivity contribution >= 4 is 39.8 Å². The molecule has 30 heavy (non-hydrogen) atoms. The minimum Gasteiger partial charge on any atom is -0.357 e. The average molecular weight is 419 g/mol. The third-order valence-electron chi connectivity index (χ3n) is 5.42. The predicted octanol–water partition coefficient (Wildman–Crippen LogP) is 4.25. The molecule has 1 N–H and O–H groups in total. The van der Waals surface area contributed by atoms with Crippen LogP contribution in [-0.2, 0) is 7.05 Å². The van der Waals surface area contributed by atoms with E-state index in [0.29, 0.717) is 16.9 Å². The highest BCUT2D eigenvalue weighted by atomic mass is 32.1. The second-order valence-corrected chi connectivity index (χ2v) is 8.44. The molecule has 1 aliphatic rings. The minimum atomic E-state index is -0.188. The van der Waals surface area contributed by atoms with Crippen molar-refractivity contribution < 1.29 is 4.79 Å². The van der Waals surface area contributed by atoms with Gasteiger partial charge in [-0.05, 0) is 49.4 Å². The standard InChI is InChI=1S/C22H22N6OS/c1-14-20-16(12-17(18-6-5-11-30-18)25-21(20)27(2)26-14)22(29)24-15-7-8-19(23-13-15)28-9-3-4-10-28/h5-8,11-13H,3-4,9-10H2,1-2H3,(H,24,29). The summed E-state index contributed by atoms with van der Waals surface area (Å²) in [4.78, 5) is 25.8. The average Bonchev–Trinajstić information content (AvgIpc) is 3.51. The molecule has 0 spiro atoms. The highest BCUT2D eigenvalue weighted by Gasteiger charge is 2.20. The first kappa shape index (κ1) is 18.7. The van der Waals surface area contributed by atoms with E-state index in [-0.39, 0.29) is 5.91 Å². The summed E-state index contributed by atoms with van der Waals surface area (Å²) < 4.78 is 1.73. The first-order valence-electron chi connectivity index (χ1n) is 10.0. The number of pyridine rings is 2. The number of aromatic nitrogens is 4. The van der Waals surface area contributed by atoms with Gasteiger partial charge in [0.15, 0.2) is 5.65 Å². The van der Waals surface area contributed by atoms with Gasteiger partial charge < -0.3 is 10.2 Å². The lowest BCUT2D eigenvalue weighted by atomic mass is 10.1. The molecule has 152 valence electrons. The number of fused-ring (bicyclic) bond motifs is 1. The minimum absolute atomic E-state index is 0.188. The summed E-state index contributed by atoms with van der Waals surface area (Å²) in [6.45, 7) is 3.98. The van der Waals surface area contributed by atoms with Crippen molar-refractivity contribution in [3.63, 3.8) is 0 Å². The van der Waals surface area contributed by atoms with E-state index >= 15 is 0 Å². The molecule has 0 unspecified atom stereocenters. The highest BCUT2D eigenvalue weighted by molar-refractivity contribution is 7.13. The summed E-state index contributed by atoms with van der Waals surface area (Å²) in [6.07, 6.45) is 4.13. The number of anilines is 2. The molecule has 1 amide bonds. The van der Waals surface area contributed by atoms with Crippen LogP contribution in [0.25, 0.3) is 21.6 Å². The first-order valence-corrected chi connectivity index (χ1v) is 10.9. The van der Waals surface area contributed by atoms with Gasteiger partial charge in [-0.15, -0.1) is 11.3 Å². The van der Waals surface area contributed by atoms with E-state index in [0.717, 1.165) is 40.6 Å². The van der Waals surface area contributed by atoms with Gasteiger partial charge in [0.25, 0.3) is 5.91 Å². The maximum Gasteiger partial charge on any atom is 0.256 e. The molecular formula is C22H22N6OS. The summed E-state index contributed by atoms with van der Waals surface area (Å²) in [6, 6.07) is 9.71. The number of nitrogens with zero attached hydrogens (tertiary/aromatic N) is 5. The number of hydrogen-bond acceptors (Lipinski definition) is 6. The monoisotopic (exact) mass is 418 g/mol. The van der Waals surface area contributed by atoms with E-state index in [4.69, 9.17) is 4.98 Å². The van der Waals surface area contributed by atoms with Crippen LogP contribution in [0.1, 0.15) is 28.9 Å². The molecule has 5 heterocycles. The second-order valence-electron chi connectivity index (χ2n) is 7.49. The summed E-state index contributed by atoms with van der Waals surface area (Å²) in [7, 11) is 1.85. The number of amides is 1. The van der Waals surface area contributed by atoms with Crippen LogP contribution in [0.2, 0.25) is 0 Å². The van der Waals surface area contributed by atoms with Crippen LogP contribution in [-0.4, -0.2) is 38.7 Å². The molecule has 0 radical (unpaired) electrons. The zero-order chi connectivity index (χ0) is 20.7. The van der Waals surface area contributed by atoms with Gasteiger partial charge in [-0.1, -0.05) is 6.07 Å². The van der Waals surface area contributed by atoms with E-state index in [1.54, 1.807) is 22.2 Å². The van der Waals surface area contributed by atoms with Crippen LogP contribution in [0.3, 0.4) is 0 Å². The molecular weight excluding hydrogens is 396 g/mol. The van der Waals surface area contributed by atoms with Crippen LogP contribution in [0.5, 0.6) is 0 Å². The molecule has 8 heteroatoms. The SMILES string of the molecule is Cc1nn(C)c2nc(-c3cccs3)cc(C(=O)Nc3ccc(N4CCCC4)nc3)c12. The fraction of sp³-hybridized carbons (Fsp3) is 0.273. The van der Waals surface area contributed by atoms with Gasteiger partial charge >= 0.3 is 0 Å². The lowest BCUT2D eigenvalue weighted by Gasteiger charge is -2.16. The molecule has 1 saturated heterocycles. The number of hydrogen-bond donors (Lipinski definition) is 1. The molecule has 4 aromatic rings. The van der Waals surface area contributed by atoms with E-state index in [1.807, 2.05) is 49.7 Å². The van der Waals surface area contributed by atoms with Crippen LogP contribution < -0.4 is 10.2 Å². The zero-order valence-electron chi connectivity index (χ0n) is 16.9. The van der Waals surface area contributed by atoms with E-state index in [9.17, 15) is 4.79 Å². The van der Waals surface area contributed by atoms with Crippen molar-refractivity contribution in [3.05, 3.63) is 53.2 Å². The number of thiophene rings is 1. The second kappa shape index (κ2) is 7.53. The van der Waals surface area contributed by atoms with Crippen LogP contribution >= 0.6 is 11.3 Å². The Labute approximate surface area is 178 Å². The molecule has 0 aliphatic carbocycles. The lowest BCUT2D eigenvalue weighted by Crippen LogP contribution is -2.19. The molecule has 1 fully saturated rings. The number of carbonyl (C=O) groups is 1. The fourth-order valence-electron chi connectivity index (χ4n) is 3.97. The van der Waals surface area contributed by atoms with Crippen molar-refractivity contribution in [1.82, 2.24) is 19.7 Å². The Balaban J connectivity index is 1.49. The summed E-state index contributed by atoms with van der Waals surface area (Å²) >= 11 is 1.60. The van der Waals surface area contributed by atoms with Crippen LogP contribution in [0, 0.1) is 6.92 Å². The Bertz CT molecular complexity index is 1210. The Morgan fingerprint density at radius 2 is 2.03 bits per heavy atom. The number of carbonyl (C=O) groups excluding carboxylic acids is 1. The predicted molar refractivity (Wildman–Crippen MR) is 120 cm³/mol. The summed E-state index contributed by atoms with van der Waals surface area (Å²) in [5.74, 6) is 0.770. The molecule has 0 atom stereocenters. The largest absolute Gasteiger partial charge is 0.357 e. The quantitative estimate of drug-likeness (QED) is 0.536. The molecule has 0 bridgehead atoms. The van der Waals surface area contributed by atoms with Crippen molar-refractivity contribution in [2.75, 3.05) is 23.3 Å². The smallest absolute Gasteiger partial charge is 0.256 e. The highest BCUT2D eigenvalue weighted by Crippen LogP contribution is 2.30. The Kier molecular flexibility index (Phi) is 4.71. The molecule has 4 aromatic heterocycles. The molecule has 5 rings (SSSR count). The zero-order valence-corrected chi connectivity index (χ0v) is 17.7. The summed E-state index contributed by atoms with van der Waals surface area (Å²) in [5, 5.41) is 10.3. The molecule has 0 saturated carbocycles. The van der Waals surface area contributed by atoms with Crippen molar-refractivity contribution in [3.8, 4) is 10.6 Å². The Morgan fingerprint density at radius 1 is 1.20 bits per heavy atom. The van der Waals surface area contributed by atoms with E-state index in [1.165, 1.54) is 12.8 Å². The Hall–Kier alpha value is -3.26. The van der Waals surface area contributed by atoms with E-state index < -0.39 is 0 Å². The van der Waals surface area contributed by atoms with E-state index in [2.05, 4.69) is 20.3 Å². The van der Waals surface area contributed by atoms with Gasteiger partial charge in [0.05, 0.1) is 39.1 Å². The van der Waals surface area contributed by atoms with Gasteiger partial charge in [-0.25, -0.2) is 9.97 Å². The third-order valence-corrected chi connectivity index (χ3v) is 6.32. The Morgan fingerprint density at radius 3 is 2.73 bits per heavy atom. The normalized spacial score (nSPS) is 13.9. The number of nitrogens with one attached hydrogen (secondary N) is 1. The van der Waals surface area contributed by atoms with Crippen molar-refractivity contribution in [2.24, 2.45) is 7.05 Å². The van der Waals surface area contributed by atoms with Crippen molar-refractivity contribution in [2.45, 2.75) is 19.8 Å². The van der Waals surface area contributed by atoms with Gasteiger partial charge in [0.2, 0.25) is 0 Å². The van der Waals surface area contributed by atoms with Crippen LogP contribution in [0.15, 0.2) is 41.9 Å². The number of rotatable bonds is 4. The molecule has 0 aromatic carbocycles. The van der Waals surface area contributed by atoms with Gasteiger partial charge in [0.1, 0.15) is 5.82 Å². The molecule has 7 nitrogen and oxygen atoms in total. The maximum atomic E-state index is 13.2. The third kappa shape index (κ3) is 3.33. The lowest BCUT2D eigenvalue weighted by molar-refractivity contribution is 0.102. The summed E-state index contributed by atoms with van der Waals surface area (Å²) in [5.41, 5.74) is 3.49. The topological polar surface area (TPSA) is 75.9 Å². The fourth-order valence-corrected chi connectivity index (χ4v) is 4.65. The molecule has 1 aliphatic heterocycles. The number of aryl methyl sites for hydroxylation is 2. The van der Waals surface area contributed by atoms with Crippen molar-refractivity contribution in [1.29, 1.82) is 0 Å². The van der Waals surface area contributed by atoms with Gasteiger partial charge in [-0.2, -0.15) is 5.10 Å². The van der Waals surface area contributed by atoms with Gasteiger partial charge in [0, 0.05) is 20.1 Å².